The van der Waals surface area contributed by atoms with Gasteiger partial charge in [-0.3, -0.25) is 4.79 Å². The van der Waals surface area contributed by atoms with Crippen molar-refractivity contribution in [3.05, 3.63) is 59.8 Å². The van der Waals surface area contributed by atoms with E-state index in [4.69, 9.17) is 9.47 Å². The summed E-state index contributed by atoms with van der Waals surface area (Å²) >= 11 is 1.49. The largest absolute Gasteiger partial charge is 0.497 e. The Hall–Kier alpha value is -3.39. The van der Waals surface area contributed by atoms with Gasteiger partial charge in [-0.1, -0.05) is 23.5 Å². The fraction of sp³-hybridized carbons (Fsp3) is 0.227. The Kier molecular flexibility index (Phi) is 5.67. The summed E-state index contributed by atoms with van der Waals surface area (Å²) in [5.74, 6) is 2.04. The minimum absolute atomic E-state index is 0.122. The molecule has 2 heterocycles. The van der Waals surface area contributed by atoms with Crippen LogP contribution >= 0.6 is 11.3 Å². The van der Waals surface area contributed by atoms with Crippen LogP contribution in [0.4, 0.5) is 5.82 Å². The predicted molar refractivity (Wildman–Crippen MR) is 118 cm³/mol. The minimum Gasteiger partial charge on any atom is -0.497 e. The molecule has 4 rings (SSSR count). The Morgan fingerprint density at radius 2 is 1.90 bits per heavy atom. The van der Waals surface area contributed by atoms with Crippen LogP contribution in [0, 0.1) is 6.92 Å². The van der Waals surface area contributed by atoms with E-state index >= 15 is 0 Å². The van der Waals surface area contributed by atoms with Gasteiger partial charge in [-0.15, -0.1) is 0 Å². The van der Waals surface area contributed by atoms with Gasteiger partial charge < -0.3 is 14.8 Å². The minimum atomic E-state index is -0.122. The highest BCUT2D eigenvalue weighted by molar-refractivity contribution is 7.20. The number of nitrogens with one attached hydrogen (secondary N) is 1. The summed E-state index contributed by atoms with van der Waals surface area (Å²) in [6.45, 7) is 4.44. The number of fused-ring (bicyclic) bond motifs is 1. The van der Waals surface area contributed by atoms with Crippen LogP contribution in [0.15, 0.2) is 48.5 Å². The molecule has 7 nitrogen and oxygen atoms in total. The van der Waals surface area contributed by atoms with Crippen LogP contribution in [-0.4, -0.2) is 34.4 Å². The third kappa shape index (κ3) is 4.28. The summed E-state index contributed by atoms with van der Waals surface area (Å²) in [6.07, 6.45) is 0.258. The average molecular weight is 423 g/mol. The van der Waals surface area contributed by atoms with Crippen LogP contribution < -0.4 is 14.8 Å². The van der Waals surface area contributed by atoms with Crippen molar-refractivity contribution in [3.8, 4) is 16.6 Å². The maximum Gasteiger partial charge on any atom is 0.229 e. The lowest BCUT2D eigenvalue weighted by Gasteiger charge is -2.07. The summed E-state index contributed by atoms with van der Waals surface area (Å²) in [4.78, 5) is 17.3. The molecule has 4 aromatic rings. The molecule has 0 aliphatic rings. The van der Waals surface area contributed by atoms with Crippen LogP contribution in [0.1, 0.15) is 18.2 Å². The number of amides is 1. The van der Waals surface area contributed by atoms with Gasteiger partial charge in [-0.2, -0.15) is 9.78 Å². The van der Waals surface area contributed by atoms with Crippen LogP contribution in [0.5, 0.6) is 11.5 Å². The number of anilines is 1. The highest BCUT2D eigenvalue weighted by atomic mass is 32.1. The number of rotatable bonds is 7. The Morgan fingerprint density at radius 1 is 1.13 bits per heavy atom. The Morgan fingerprint density at radius 3 is 2.63 bits per heavy atom. The van der Waals surface area contributed by atoms with Crippen molar-refractivity contribution in [2.24, 2.45) is 0 Å². The molecule has 8 heteroatoms. The van der Waals surface area contributed by atoms with Gasteiger partial charge >= 0.3 is 0 Å². The molecule has 0 aliphatic carbocycles. The van der Waals surface area contributed by atoms with E-state index in [1.165, 1.54) is 11.3 Å². The van der Waals surface area contributed by atoms with Crippen molar-refractivity contribution in [1.82, 2.24) is 14.8 Å². The summed E-state index contributed by atoms with van der Waals surface area (Å²) in [5, 5.41) is 8.15. The SMILES string of the molecule is CCOc1ccc(CC(=O)Nc2cc(C)nn2-c2nc3ccc(OC)cc3s2)cc1. The fourth-order valence-corrected chi connectivity index (χ4v) is 4.05. The van der Waals surface area contributed by atoms with Crippen molar-refractivity contribution in [2.75, 3.05) is 19.0 Å². The Balaban J connectivity index is 1.53. The fourth-order valence-electron chi connectivity index (χ4n) is 3.09. The molecule has 0 saturated heterocycles. The van der Waals surface area contributed by atoms with E-state index < -0.39 is 0 Å². The normalized spacial score (nSPS) is 10.9. The molecule has 0 atom stereocenters. The number of aromatic nitrogens is 3. The van der Waals surface area contributed by atoms with Gasteiger partial charge in [0, 0.05) is 6.07 Å². The third-order valence-electron chi connectivity index (χ3n) is 4.46. The van der Waals surface area contributed by atoms with E-state index in [1.54, 1.807) is 11.8 Å². The van der Waals surface area contributed by atoms with Gasteiger partial charge in [0.1, 0.15) is 17.3 Å². The monoisotopic (exact) mass is 422 g/mol. The molecule has 2 aromatic heterocycles. The van der Waals surface area contributed by atoms with Gasteiger partial charge in [0.15, 0.2) is 0 Å². The zero-order valence-electron chi connectivity index (χ0n) is 17.0. The van der Waals surface area contributed by atoms with E-state index in [9.17, 15) is 4.79 Å². The number of nitrogens with zero attached hydrogens (tertiary/aromatic N) is 3. The summed E-state index contributed by atoms with van der Waals surface area (Å²) in [7, 11) is 1.64. The first-order chi connectivity index (χ1) is 14.6. The quantitative estimate of drug-likeness (QED) is 0.478. The molecule has 0 spiro atoms. The van der Waals surface area contributed by atoms with Crippen molar-refractivity contribution >= 4 is 33.3 Å². The zero-order chi connectivity index (χ0) is 21.1. The standard InChI is InChI=1S/C22H22N4O3S/c1-4-29-16-7-5-15(6-8-16)12-21(27)24-20-11-14(2)25-26(20)22-23-18-10-9-17(28-3)13-19(18)30-22/h5-11,13H,4,12H2,1-3H3,(H,24,27). The van der Waals surface area contributed by atoms with Crippen LogP contribution in [0.25, 0.3) is 15.3 Å². The molecule has 0 bridgehead atoms. The van der Waals surface area contributed by atoms with Crippen molar-refractivity contribution < 1.29 is 14.3 Å². The van der Waals surface area contributed by atoms with E-state index in [-0.39, 0.29) is 12.3 Å². The highest BCUT2D eigenvalue weighted by Gasteiger charge is 2.15. The van der Waals surface area contributed by atoms with Crippen LogP contribution in [0.2, 0.25) is 0 Å². The lowest BCUT2D eigenvalue weighted by molar-refractivity contribution is -0.115. The lowest BCUT2D eigenvalue weighted by atomic mass is 10.1. The van der Waals surface area contributed by atoms with Crippen molar-refractivity contribution in [3.63, 3.8) is 0 Å². The highest BCUT2D eigenvalue weighted by Crippen LogP contribution is 2.30. The molecule has 1 amide bonds. The molecule has 2 aromatic carbocycles. The van der Waals surface area contributed by atoms with Crippen LogP contribution in [-0.2, 0) is 11.2 Å². The first kappa shape index (κ1) is 19.9. The Labute approximate surface area is 178 Å². The van der Waals surface area contributed by atoms with Gasteiger partial charge in [-0.25, -0.2) is 4.98 Å². The molecule has 30 heavy (non-hydrogen) atoms. The van der Waals surface area contributed by atoms with Crippen molar-refractivity contribution in [2.45, 2.75) is 20.3 Å². The number of ether oxygens (including phenoxy) is 2. The zero-order valence-corrected chi connectivity index (χ0v) is 17.8. The predicted octanol–water partition coefficient (Wildman–Crippen LogP) is 4.38. The lowest BCUT2D eigenvalue weighted by Crippen LogP contribution is -2.17. The summed E-state index contributed by atoms with van der Waals surface area (Å²) < 4.78 is 13.4. The van der Waals surface area contributed by atoms with Gasteiger partial charge in [0.05, 0.1) is 36.0 Å². The van der Waals surface area contributed by atoms with E-state index in [1.807, 2.05) is 62.4 Å². The molecule has 1 N–H and O–H groups in total. The second kappa shape index (κ2) is 8.54. The number of thiazole rings is 1. The number of hydrogen-bond acceptors (Lipinski definition) is 6. The van der Waals surface area contributed by atoms with Gasteiger partial charge in [0.25, 0.3) is 0 Å². The smallest absolute Gasteiger partial charge is 0.229 e. The number of hydrogen-bond donors (Lipinski definition) is 1. The number of benzene rings is 2. The van der Waals surface area contributed by atoms with E-state index in [0.717, 1.165) is 33.0 Å². The molecule has 0 radical (unpaired) electrons. The maximum atomic E-state index is 12.6. The number of aryl methyl sites for hydroxylation is 1. The second-order valence-corrected chi connectivity index (χ2v) is 7.72. The Bertz CT molecular complexity index is 1180. The molecule has 0 aliphatic heterocycles. The molecular formula is C22H22N4O3S. The summed E-state index contributed by atoms with van der Waals surface area (Å²) in [6, 6.07) is 15.1. The van der Waals surface area contributed by atoms with Gasteiger partial charge in [-0.05, 0) is 49.7 Å². The third-order valence-corrected chi connectivity index (χ3v) is 5.46. The molecule has 0 fully saturated rings. The first-order valence-electron chi connectivity index (χ1n) is 9.59. The van der Waals surface area contributed by atoms with Crippen molar-refractivity contribution in [1.29, 1.82) is 0 Å². The molecule has 154 valence electrons. The number of methoxy groups -OCH3 is 1. The molecule has 0 unspecified atom stereocenters. The maximum absolute atomic E-state index is 12.6. The topological polar surface area (TPSA) is 78.3 Å². The van der Waals surface area contributed by atoms with Gasteiger partial charge in [0.2, 0.25) is 11.0 Å². The average Bonchev–Trinajstić information content (AvgIpc) is 3.31. The number of carbonyl (C=O) groups excluding carboxylic acids is 1. The second-order valence-electron chi connectivity index (χ2n) is 6.71. The van der Waals surface area contributed by atoms with E-state index in [2.05, 4.69) is 15.4 Å². The molecule has 0 saturated carbocycles. The molecular weight excluding hydrogens is 400 g/mol. The van der Waals surface area contributed by atoms with Crippen LogP contribution in [0.3, 0.4) is 0 Å². The number of carbonyl (C=O) groups is 1. The van der Waals surface area contributed by atoms with E-state index in [0.29, 0.717) is 17.6 Å². The first-order valence-corrected chi connectivity index (χ1v) is 10.4. The summed E-state index contributed by atoms with van der Waals surface area (Å²) in [5.41, 5.74) is 2.56.